The van der Waals surface area contributed by atoms with Crippen molar-refractivity contribution in [2.24, 2.45) is 5.73 Å². The van der Waals surface area contributed by atoms with Gasteiger partial charge in [-0.2, -0.15) is 4.98 Å². The zero-order valence-corrected chi connectivity index (χ0v) is 15.7. The van der Waals surface area contributed by atoms with Gasteiger partial charge in [0.05, 0.1) is 6.54 Å². The van der Waals surface area contributed by atoms with Gasteiger partial charge >= 0.3 is 6.03 Å². The molecule has 1 aromatic heterocycles. The molecule has 0 saturated carbocycles. The first-order chi connectivity index (χ1) is 12.3. The van der Waals surface area contributed by atoms with E-state index in [4.69, 9.17) is 10.3 Å². The fourth-order valence-electron chi connectivity index (χ4n) is 3.02. The van der Waals surface area contributed by atoms with E-state index in [-0.39, 0.29) is 24.0 Å². The molecule has 1 saturated heterocycles. The van der Waals surface area contributed by atoms with Crippen LogP contribution in [0.25, 0.3) is 11.4 Å². The molecule has 0 aliphatic carbocycles. The van der Waals surface area contributed by atoms with Crippen molar-refractivity contribution in [2.75, 3.05) is 13.1 Å². The molecule has 2 aromatic rings. The quantitative estimate of drug-likeness (QED) is 0.880. The summed E-state index contributed by atoms with van der Waals surface area (Å²) in [6, 6.07) is 8.04. The Morgan fingerprint density at radius 1 is 1.35 bits per heavy atom. The molecule has 0 unspecified atom stereocenters. The Morgan fingerprint density at radius 2 is 2.08 bits per heavy atom. The third kappa shape index (κ3) is 4.40. The van der Waals surface area contributed by atoms with Crippen LogP contribution in [-0.4, -0.2) is 40.2 Å². The first kappa shape index (κ1) is 18.4. The number of piperidine rings is 1. The number of hydrogen-bond acceptors (Lipinski definition) is 5. The SMILES string of the molecule is CC(C)(C)c1ccc(-c2noc(CNC(=O)N3CCC[C@H](N)C3)n2)cc1. The number of carbonyl (C=O) groups is 1. The summed E-state index contributed by atoms with van der Waals surface area (Å²) in [6.45, 7) is 8.04. The monoisotopic (exact) mass is 357 g/mol. The second-order valence-electron chi connectivity index (χ2n) is 7.85. The lowest BCUT2D eigenvalue weighted by atomic mass is 9.87. The Hall–Kier alpha value is -2.41. The van der Waals surface area contributed by atoms with E-state index >= 15 is 0 Å². The molecule has 0 spiro atoms. The number of urea groups is 1. The molecule has 7 heteroatoms. The summed E-state index contributed by atoms with van der Waals surface area (Å²) < 4.78 is 5.26. The second-order valence-corrected chi connectivity index (χ2v) is 7.85. The van der Waals surface area contributed by atoms with Gasteiger partial charge in [-0.05, 0) is 23.8 Å². The molecular weight excluding hydrogens is 330 g/mol. The summed E-state index contributed by atoms with van der Waals surface area (Å²) in [6.07, 6.45) is 1.90. The average Bonchev–Trinajstić information content (AvgIpc) is 3.08. The second kappa shape index (κ2) is 7.45. The van der Waals surface area contributed by atoms with Gasteiger partial charge in [0.25, 0.3) is 0 Å². The maximum Gasteiger partial charge on any atom is 0.317 e. The fourth-order valence-corrected chi connectivity index (χ4v) is 3.02. The molecule has 2 heterocycles. The molecule has 3 rings (SSSR count). The summed E-state index contributed by atoms with van der Waals surface area (Å²) in [7, 11) is 0. The molecule has 3 N–H and O–H groups in total. The van der Waals surface area contributed by atoms with Gasteiger partial charge in [0.1, 0.15) is 0 Å². The van der Waals surface area contributed by atoms with Gasteiger partial charge in [-0.3, -0.25) is 0 Å². The number of nitrogens with two attached hydrogens (primary N) is 1. The van der Waals surface area contributed by atoms with Crippen molar-refractivity contribution < 1.29 is 9.32 Å². The summed E-state index contributed by atoms with van der Waals surface area (Å²) >= 11 is 0. The Morgan fingerprint density at radius 3 is 2.73 bits per heavy atom. The number of benzene rings is 1. The molecule has 26 heavy (non-hydrogen) atoms. The number of aromatic nitrogens is 2. The highest BCUT2D eigenvalue weighted by Crippen LogP contribution is 2.25. The van der Waals surface area contributed by atoms with Gasteiger partial charge in [-0.15, -0.1) is 0 Å². The molecule has 1 fully saturated rings. The number of hydrogen-bond donors (Lipinski definition) is 2. The van der Waals surface area contributed by atoms with Gasteiger partial charge in [0.2, 0.25) is 11.7 Å². The van der Waals surface area contributed by atoms with Crippen molar-refractivity contribution in [3.63, 3.8) is 0 Å². The normalized spacial score (nSPS) is 18.0. The predicted molar refractivity (Wildman–Crippen MR) is 99.5 cm³/mol. The molecule has 140 valence electrons. The van der Waals surface area contributed by atoms with Gasteiger partial charge in [0, 0.05) is 24.7 Å². The van der Waals surface area contributed by atoms with Gasteiger partial charge in [-0.1, -0.05) is 50.2 Å². The van der Waals surface area contributed by atoms with E-state index in [9.17, 15) is 4.79 Å². The minimum Gasteiger partial charge on any atom is -0.337 e. The van der Waals surface area contributed by atoms with Crippen LogP contribution in [0.15, 0.2) is 28.8 Å². The molecule has 0 radical (unpaired) electrons. The van der Waals surface area contributed by atoms with E-state index < -0.39 is 0 Å². The summed E-state index contributed by atoms with van der Waals surface area (Å²) in [5, 5.41) is 6.83. The molecule has 1 aliphatic rings. The zero-order valence-electron chi connectivity index (χ0n) is 15.7. The van der Waals surface area contributed by atoms with Crippen molar-refractivity contribution in [3.05, 3.63) is 35.7 Å². The van der Waals surface area contributed by atoms with Crippen LogP contribution >= 0.6 is 0 Å². The molecule has 2 amide bonds. The lowest BCUT2D eigenvalue weighted by Crippen LogP contribution is -2.49. The van der Waals surface area contributed by atoms with E-state index in [1.54, 1.807) is 4.90 Å². The number of amides is 2. The van der Waals surface area contributed by atoms with Crippen LogP contribution in [0.3, 0.4) is 0 Å². The lowest BCUT2D eigenvalue weighted by molar-refractivity contribution is 0.178. The Labute approximate surface area is 153 Å². The minimum absolute atomic E-state index is 0.0561. The molecule has 1 atom stereocenters. The molecule has 0 bridgehead atoms. The van der Waals surface area contributed by atoms with Crippen LogP contribution in [0.2, 0.25) is 0 Å². The van der Waals surface area contributed by atoms with Crippen molar-refractivity contribution in [2.45, 2.75) is 51.6 Å². The van der Waals surface area contributed by atoms with Gasteiger partial charge < -0.3 is 20.5 Å². The number of rotatable bonds is 3. The van der Waals surface area contributed by atoms with E-state index in [1.165, 1.54) is 5.56 Å². The van der Waals surface area contributed by atoms with Crippen molar-refractivity contribution in [1.29, 1.82) is 0 Å². The highest BCUT2D eigenvalue weighted by Gasteiger charge is 2.21. The first-order valence-electron chi connectivity index (χ1n) is 9.05. The van der Waals surface area contributed by atoms with Crippen LogP contribution in [0, 0.1) is 0 Å². The molecule has 1 aromatic carbocycles. The average molecular weight is 357 g/mol. The van der Waals surface area contributed by atoms with Crippen LogP contribution < -0.4 is 11.1 Å². The molecular formula is C19H27N5O2. The number of nitrogens with one attached hydrogen (secondary N) is 1. The zero-order chi connectivity index (χ0) is 18.7. The van der Waals surface area contributed by atoms with Crippen LogP contribution in [0.1, 0.15) is 45.1 Å². The number of likely N-dealkylation sites (tertiary alicyclic amines) is 1. The highest BCUT2D eigenvalue weighted by molar-refractivity contribution is 5.74. The van der Waals surface area contributed by atoms with E-state index in [0.29, 0.717) is 18.3 Å². The van der Waals surface area contributed by atoms with Crippen LogP contribution in [0.5, 0.6) is 0 Å². The highest BCUT2D eigenvalue weighted by atomic mass is 16.5. The van der Waals surface area contributed by atoms with E-state index in [1.807, 2.05) is 12.1 Å². The molecule has 1 aliphatic heterocycles. The van der Waals surface area contributed by atoms with E-state index in [2.05, 4.69) is 48.4 Å². The van der Waals surface area contributed by atoms with E-state index in [0.717, 1.165) is 24.9 Å². The third-order valence-corrected chi connectivity index (χ3v) is 4.61. The first-order valence-corrected chi connectivity index (χ1v) is 9.05. The Bertz CT molecular complexity index is 748. The minimum atomic E-state index is -0.144. The number of nitrogens with zero attached hydrogens (tertiary/aromatic N) is 3. The van der Waals surface area contributed by atoms with Gasteiger partial charge in [-0.25, -0.2) is 4.79 Å². The summed E-state index contributed by atoms with van der Waals surface area (Å²) in [5.74, 6) is 0.907. The Kier molecular flexibility index (Phi) is 5.27. The lowest BCUT2D eigenvalue weighted by Gasteiger charge is -2.30. The summed E-state index contributed by atoms with van der Waals surface area (Å²) in [5.41, 5.74) is 8.15. The maximum absolute atomic E-state index is 12.2. The van der Waals surface area contributed by atoms with Crippen molar-refractivity contribution >= 4 is 6.03 Å². The van der Waals surface area contributed by atoms with Crippen LogP contribution in [0.4, 0.5) is 4.79 Å². The maximum atomic E-state index is 12.2. The third-order valence-electron chi connectivity index (χ3n) is 4.61. The fraction of sp³-hybridized carbons (Fsp3) is 0.526. The van der Waals surface area contributed by atoms with Crippen molar-refractivity contribution in [1.82, 2.24) is 20.4 Å². The predicted octanol–water partition coefficient (Wildman–Crippen LogP) is 2.67. The molecule has 7 nitrogen and oxygen atoms in total. The smallest absolute Gasteiger partial charge is 0.317 e. The Balaban J connectivity index is 1.58. The largest absolute Gasteiger partial charge is 0.337 e. The topological polar surface area (TPSA) is 97.3 Å². The standard InChI is InChI=1S/C19H27N5O2/c1-19(2,3)14-8-6-13(7-9-14)17-22-16(26-23-17)11-21-18(25)24-10-4-5-15(20)12-24/h6-9,15H,4-5,10-12,20H2,1-3H3,(H,21,25)/t15-/m0/s1. The number of carbonyl (C=O) groups excluding carboxylic acids is 1. The van der Waals surface area contributed by atoms with Gasteiger partial charge in [0.15, 0.2) is 0 Å². The summed E-state index contributed by atoms with van der Waals surface area (Å²) in [4.78, 5) is 18.3. The van der Waals surface area contributed by atoms with Crippen LogP contribution in [-0.2, 0) is 12.0 Å². The van der Waals surface area contributed by atoms with Crippen molar-refractivity contribution in [3.8, 4) is 11.4 Å².